The van der Waals surface area contributed by atoms with Crippen molar-refractivity contribution in [3.63, 3.8) is 0 Å². The summed E-state index contributed by atoms with van der Waals surface area (Å²) in [5.41, 5.74) is 0.836. The average molecular weight is 508 g/mol. The fourth-order valence-electron chi connectivity index (χ4n) is 4.28. The van der Waals surface area contributed by atoms with Gasteiger partial charge in [-0.3, -0.25) is 4.79 Å². The van der Waals surface area contributed by atoms with Crippen LogP contribution in [0.2, 0.25) is 0 Å². The normalized spacial score (nSPS) is 23.7. The molecule has 34 heavy (non-hydrogen) atoms. The Morgan fingerprint density at radius 3 is 2.50 bits per heavy atom. The van der Waals surface area contributed by atoms with Crippen LogP contribution in [0.4, 0.5) is 4.79 Å². The summed E-state index contributed by atoms with van der Waals surface area (Å²) in [6, 6.07) is 7.19. The summed E-state index contributed by atoms with van der Waals surface area (Å²) in [5, 5.41) is 15.1. The van der Waals surface area contributed by atoms with Crippen LogP contribution in [0.5, 0.6) is 0 Å². The highest BCUT2D eigenvalue weighted by molar-refractivity contribution is 7.99. The molecule has 1 unspecified atom stereocenters. The number of hydrogen-bond donors (Lipinski definition) is 3. The van der Waals surface area contributed by atoms with Crippen LogP contribution in [-0.4, -0.2) is 55.5 Å². The van der Waals surface area contributed by atoms with E-state index in [0.29, 0.717) is 24.0 Å². The molecule has 2 atom stereocenters. The molecule has 0 radical (unpaired) electrons. The Kier molecular flexibility index (Phi) is 9.22. The van der Waals surface area contributed by atoms with E-state index >= 15 is 0 Å². The summed E-state index contributed by atoms with van der Waals surface area (Å²) in [7, 11) is -3.99. The summed E-state index contributed by atoms with van der Waals surface area (Å²) < 4.78 is 27.4. The van der Waals surface area contributed by atoms with Crippen LogP contribution in [0.1, 0.15) is 57.6 Å². The Morgan fingerprint density at radius 2 is 1.88 bits per heavy atom. The van der Waals surface area contributed by atoms with Crippen molar-refractivity contribution < 1.29 is 18.0 Å². The van der Waals surface area contributed by atoms with E-state index in [0.717, 1.165) is 31.2 Å². The molecule has 0 aromatic heterocycles. The van der Waals surface area contributed by atoms with Crippen LogP contribution < -0.4 is 15.4 Å². The Hall–Kier alpha value is -2.29. The van der Waals surface area contributed by atoms with Crippen molar-refractivity contribution in [3.8, 4) is 6.07 Å². The number of nitrogens with one attached hydrogen (secondary N) is 3. The Labute approximate surface area is 206 Å². The minimum absolute atomic E-state index is 0.000509. The predicted molar refractivity (Wildman–Crippen MR) is 131 cm³/mol. The van der Waals surface area contributed by atoms with E-state index < -0.39 is 22.1 Å². The van der Waals surface area contributed by atoms with Gasteiger partial charge < -0.3 is 15.5 Å². The molecule has 1 saturated carbocycles. The van der Waals surface area contributed by atoms with Crippen LogP contribution in [-0.2, 0) is 14.8 Å². The average Bonchev–Trinajstić information content (AvgIpc) is 3.30. The van der Waals surface area contributed by atoms with E-state index in [-0.39, 0.29) is 29.4 Å². The van der Waals surface area contributed by atoms with Gasteiger partial charge in [0.05, 0.1) is 23.4 Å². The molecule has 3 amide bonds. The van der Waals surface area contributed by atoms with E-state index in [4.69, 9.17) is 5.26 Å². The van der Waals surface area contributed by atoms with Crippen molar-refractivity contribution in [2.24, 2.45) is 5.92 Å². The Bertz CT molecular complexity index is 1000. The van der Waals surface area contributed by atoms with Gasteiger partial charge in [-0.05, 0) is 55.7 Å². The van der Waals surface area contributed by atoms with Crippen molar-refractivity contribution in [3.05, 3.63) is 29.8 Å². The molecule has 1 aromatic rings. The van der Waals surface area contributed by atoms with Gasteiger partial charge in [-0.2, -0.15) is 5.26 Å². The number of thioether (sulfide) groups is 1. The van der Waals surface area contributed by atoms with Crippen molar-refractivity contribution in [2.45, 2.75) is 69.0 Å². The molecule has 186 valence electrons. The van der Waals surface area contributed by atoms with Gasteiger partial charge in [0.1, 0.15) is 6.04 Å². The van der Waals surface area contributed by atoms with Crippen molar-refractivity contribution in [2.75, 3.05) is 18.2 Å². The molecule has 1 saturated heterocycles. The van der Waals surface area contributed by atoms with Gasteiger partial charge in [0.2, 0.25) is 5.91 Å². The summed E-state index contributed by atoms with van der Waals surface area (Å²) in [5.74, 6) is 1.65. The van der Waals surface area contributed by atoms with Crippen LogP contribution >= 0.6 is 11.8 Å². The minimum atomic E-state index is -3.99. The Morgan fingerprint density at radius 1 is 1.21 bits per heavy atom. The lowest BCUT2D eigenvalue weighted by Crippen LogP contribution is -2.45. The zero-order valence-electron chi connectivity index (χ0n) is 19.6. The van der Waals surface area contributed by atoms with E-state index in [1.165, 1.54) is 12.1 Å². The zero-order chi connectivity index (χ0) is 24.7. The lowest BCUT2D eigenvalue weighted by molar-refractivity contribution is -0.129. The number of hydrogen-bond acceptors (Lipinski definition) is 7. The number of carbonyl (C=O) groups excluding carboxylic acids is 2. The van der Waals surface area contributed by atoms with Gasteiger partial charge in [0.15, 0.2) is 0 Å². The first-order chi connectivity index (χ1) is 16.2. The second kappa shape index (κ2) is 11.9. The molecule has 9 nitrogen and oxygen atoms in total. The number of nitriles is 1. The van der Waals surface area contributed by atoms with Gasteiger partial charge >= 0.3 is 6.03 Å². The quantitative estimate of drug-likeness (QED) is 0.493. The number of benzene rings is 1. The molecule has 0 bridgehead atoms. The van der Waals surface area contributed by atoms with Gasteiger partial charge in [0.25, 0.3) is 10.0 Å². The van der Waals surface area contributed by atoms with Crippen LogP contribution in [0.15, 0.2) is 29.2 Å². The molecule has 1 aromatic carbocycles. The molecular weight excluding hydrogens is 474 g/mol. The molecule has 11 heteroatoms. The summed E-state index contributed by atoms with van der Waals surface area (Å²) >= 11 is 1.56. The first-order valence-electron chi connectivity index (χ1n) is 11.7. The number of amides is 3. The van der Waals surface area contributed by atoms with E-state index in [1.807, 2.05) is 6.92 Å². The van der Waals surface area contributed by atoms with Crippen molar-refractivity contribution >= 4 is 33.7 Å². The lowest BCUT2D eigenvalue weighted by atomic mass is 9.87. The summed E-state index contributed by atoms with van der Waals surface area (Å²) in [4.78, 5) is 26.3. The third-order valence-corrected chi connectivity index (χ3v) is 8.79. The maximum atomic E-state index is 12.6. The highest BCUT2D eigenvalue weighted by Gasteiger charge is 2.29. The zero-order valence-corrected chi connectivity index (χ0v) is 21.3. The van der Waals surface area contributed by atoms with E-state index in [9.17, 15) is 18.0 Å². The van der Waals surface area contributed by atoms with Gasteiger partial charge in [-0.1, -0.05) is 26.0 Å². The SMILES string of the molecule is CCC(NCC(=O)N1CSC[C@H]1C#N)c1ccc(S(=O)(=O)NC(=O)NC2CCC(C)CC2)cc1. The van der Waals surface area contributed by atoms with Crippen molar-refractivity contribution in [1.29, 1.82) is 5.26 Å². The molecule has 2 fully saturated rings. The number of nitrogens with zero attached hydrogens (tertiary/aromatic N) is 2. The van der Waals surface area contributed by atoms with Crippen LogP contribution in [0.3, 0.4) is 0 Å². The second-order valence-corrected chi connectivity index (χ2v) is 11.6. The fraction of sp³-hybridized carbons (Fsp3) is 0.609. The van der Waals surface area contributed by atoms with Crippen molar-refractivity contribution in [1.82, 2.24) is 20.3 Å². The molecule has 1 aliphatic carbocycles. The van der Waals surface area contributed by atoms with Gasteiger partial charge in [0, 0.05) is 17.8 Å². The third kappa shape index (κ3) is 6.87. The number of urea groups is 1. The van der Waals surface area contributed by atoms with E-state index in [1.54, 1.807) is 28.8 Å². The fourth-order valence-corrected chi connectivity index (χ4v) is 6.30. The lowest BCUT2D eigenvalue weighted by Gasteiger charge is -2.26. The van der Waals surface area contributed by atoms with Gasteiger partial charge in [-0.15, -0.1) is 11.8 Å². The predicted octanol–water partition coefficient (Wildman–Crippen LogP) is 2.72. The monoisotopic (exact) mass is 507 g/mol. The van der Waals surface area contributed by atoms with Crippen LogP contribution in [0, 0.1) is 17.2 Å². The third-order valence-electron chi connectivity index (χ3n) is 6.43. The smallest absolute Gasteiger partial charge is 0.328 e. The standard InChI is InChI=1S/C23H33N5O4S2/c1-3-21(25-13-22(29)28-15-33-14-19(28)12-24)17-6-10-20(11-7-17)34(31,32)27-23(30)26-18-8-4-16(2)5-9-18/h6-7,10-11,16,18-19,21,25H,3-5,8-9,13-15H2,1-2H3,(H2,26,27,30)/t16?,18?,19-,21?/m1/s1. The molecule has 2 aliphatic rings. The topological polar surface area (TPSA) is 131 Å². The molecule has 1 aliphatic heterocycles. The summed E-state index contributed by atoms with van der Waals surface area (Å²) in [6.45, 7) is 4.24. The van der Waals surface area contributed by atoms with E-state index in [2.05, 4.69) is 28.3 Å². The largest absolute Gasteiger partial charge is 0.335 e. The molecule has 3 rings (SSSR count). The number of rotatable bonds is 8. The Balaban J connectivity index is 1.55. The second-order valence-electron chi connectivity index (χ2n) is 8.95. The molecule has 3 N–H and O–H groups in total. The number of carbonyl (C=O) groups is 2. The summed E-state index contributed by atoms with van der Waals surface area (Å²) in [6.07, 6.45) is 4.44. The molecule has 0 spiro atoms. The number of sulfonamides is 1. The van der Waals surface area contributed by atoms with Gasteiger partial charge in [-0.25, -0.2) is 17.9 Å². The minimum Gasteiger partial charge on any atom is -0.335 e. The van der Waals surface area contributed by atoms with Crippen LogP contribution in [0.25, 0.3) is 0 Å². The highest BCUT2D eigenvalue weighted by atomic mass is 32.2. The maximum absolute atomic E-state index is 12.6. The molecule has 1 heterocycles. The first-order valence-corrected chi connectivity index (χ1v) is 14.3. The first kappa shape index (κ1) is 26.3. The highest BCUT2D eigenvalue weighted by Crippen LogP contribution is 2.24. The molecular formula is C23H33N5O4S2. The maximum Gasteiger partial charge on any atom is 0.328 e.